The maximum Gasteiger partial charge on any atom is 0.323 e. The summed E-state index contributed by atoms with van der Waals surface area (Å²) >= 11 is -2.01. The molecule has 0 aliphatic heterocycles. The smallest absolute Gasteiger partial charge is 0.323 e. The van der Waals surface area contributed by atoms with E-state index in [1.54, 1.807) is 13.8 Å². The molecule has 0 aromatic heterocycles. The van der Waals surface area contributed by atoms with Crippen molar-refractivity contribution >= 4 is 17.0 Å². The minimum atomic E-state index is -2.01. The number of aliphatic carboxylic acids is 1. The fourth-order valence-corrected chi connectivity index (χ4v) is 1.48. The van der Waals surface area contributed by atoms with Crippen LogP contribution in [0.4, 0.5) is 0 Å². The van der Waals surface area contributed by atoms with Crippen LogP contribution in [0.2, 0.25) is 0 Å². The lowest BCUT2D eigenvalue weighted by Gasteiger charge is -2.27. The largest absolute Gasteiger partial charge is 0.480 e. The Hall–Kier alpha value is -0.460. The minimum Gasteiger partial charge on any atom is -0.480 e. The summed E-state index contributed by atoms with van der Waals surface area (Å²) in [5.41, 5.74) is -1.07. The summed E-state index contributed by atoms with van der Waals surface area (Å²) in [6, 6.07) is 0. The number of hydrogen-bond donors (Lipinski definition) is 3. The van der Waals surface area contributed by atoms with Crippen molar-refractivity contribution in [3.8, 4) is 0 Å². The van der Waals surface area contributed by atoms with Crippen LogP contribution in [0, 0.1) is 0 Å². The van der Waals surface area contributed by atoms with Crippen LogP contribution < -0.4 is 5.32 Å². The molecule has 1 unspecified atom stereocenters. The first kappa shape index (κ1) is 12.5. The molecule has 5 nitrogen and oxygen atoms in total. The molecular weight excluding hydrogens is 194 g/mol. The molecule has 0 rings (SSSR count). The summed E-state index contributed by atoms with van der Waals surface area (Å²) in [5, 5.41) is 11.5. The molecule has 0 aromatic carbocycles. The van der Waals surface area contributed by atoms with Gasteiger partial charge < -0.3 is 9.66 Å². The van der Waals surface area contributed by atoms with E-state index in [-0.39, 0.29) is 5.88 Å². The van der Waals surface area contributed by atoms with Crippen LogP contribution in [-0.4, -0.2) is 31.3 Å². The van der Waals surface area contributed by atoms with Crippen molar-refractivity contribution in [1.82, 2.24) is 5.32 Å². The van der Waals surface area contributed by atoms with Gasteiger partial charge in [0.15, 0.2) is 11.1 Å². The molecule has 13 heavy (non-hydrogen) atoms. The average molecular weight is 209 g/mol. The molecule has 0 bridgehead atoms. The van der Waals surface area contributed by atoms with Crippen molar-refractivity contribution < 1.29 is 18.7 Å². The molecule has 6 heteroatoms. The summed E-state index contributed by atoms with van der Waals surface area (Å²) < 4.78 is 18.9. The van der Waals surface area contributed by atoms with Crippen molar-refractivity contribution in [2.45, 2.75) is 32.2 Å². The molecule has 0 fully saturated rings. The van der Waals surface area contributed by atoms with Gasteiger partial charge in [-0.1, -0.05) is 13.8 Å². The van der Waals surface area contributed by atoms with Crippen molar-refractivity contribution in [1.29, 1.82) is 0 Å². The van der Waals surface area contributed by atoms with E-state index >= 15 is 0 Å². The van der Waals surface area contributed by atoms with Crippen LogP contribution in [-0.2, 0) is 15.9 Å². The van der Waals surface area contributed by atoms with Gasteiger partial charge >= 0.3 is 5.97 Å². The lowest BCUT2D eigenvalue weighted by atomic mass is 9.93. The van der Waals surface area contributed by atoms with Gasteiger partial charge in [-0.3, -0.25) is 10.1 Å². The zero-order valence-corrected chi connectivity index (χ0v) is 8.56. The highest BCUT2D eigenvalue weighted by Crippen LogP contribution is 2.14. The average Bonchev–Trinajstić information content (AvgIpc) is 2.06. The molecule has 0 aromatic rings. The summed E-state index contributed by atoms with van der Waals surface area (Å²) in [7, 11) is 0. The quantitative estimate of drug-likeness (QED) is 0.551. The van der Waals surface area contributed by atoms with E-state index in [1.807, 2.05) is 0 Å². The predicted octanol–water partition coefficient (Wildman–Crippen LogP) is 0.399. The zero-order valence-electron chi connectivity index (χ0n) is 7.74. The van der Waals surface area contributed by atoms with Gasteiger partial charge in [0.1, 0.15) is 5.54 Å². The van der Waals surface area contributed by atoms with Gasteiger partial charge in [-0.15, -0.1) is 0 Å². The highest BCUT2D eigenvalue weighted by molar-refractivity contribution is 7.79. The first-order chi connectivity index (χ1) is 5.98. The van der Waals surface area contributed by atoms with Crippen LogP contribution in [0.3, 0.4) is 0 Å². The zero-order chi connectivity index (χ0) is 10.5. The first-order valence-corrected chi connectivity index (χ1v) is 5.32. The van der Waals surface area contributed by atoms with Gasteiger partial charge in [0.05, 0.1) is 5.88 Å². The maximum absolute atomic E-state index is 10.9. The molecule has 0 amide bonds. The molecule has 0 saturated heterocycles. The number of nitrogens with one attached hydrogen (secondary N) is 1. The van der Waals surface area contributed by atoms with Crippen molar-refractivity contribution in [2.75, 3.05) is 5.88 Å². The van der Waals surface area contributed by atoms with Crippen LogP contribution in [0.15, 0.2) is 0 Å². The Morgan fingerprint density at radius 3 is 2.15 bits per heavy atom. The second kappa shape index (κ2) is 5.31. The molecule has 0 aliphatic rings. The van der Waals surface area contributed by atoms with E-state index in [4.69, 9.17) is 9.66 Å². The SMILES string of the molecule is CCC(CC)(NCS(=O)O)C(=O)O. The molecule has 1 atom stereocenters. The Labute approximate surface area is 79.8 Å². The van der Waals surface area contributed by atoms with Crippen molar-refractivity contribution in [3.63, 3.8) is 0 Å². The Balaban J connectivity index is 4.39. The Morgan fingerprint density at radius 1 is 1.46 bits per heavy atom. The van der Waals surface area contributed by atoms with E-state index < -0.39 is 22.6 Å². The van der Waals surface area contributed by atoms with Gasteiger partial charge in [0.25, 0.3) is 0 Å². The third-order valence-electron chi connectivity index (χ3n) is 2.15. The fraction of sp³-hybridized carbons (Fsp3) is 0.857. The number of carboxylic acids is 1. The van der Waals surface area contributed by atoms with Crippen molar-refractivity contribution in [2.24, 2.45) is 0 Å². The van der Waals surface area contributed by atoms with Gasteiger partial charge in [-0.05, 0) is 12.8 Å². The monoisotopic (exact) mass is 209 g/mol. The summed E-state index contributed by atoms with van der Waals surface area (Å²) in [5.74, 6) is -1.20. The normalized spacial score (nSPS) is 14.1. The summed E-state index contributed by atoms with van der Waals surface area (Å²) in [6.45, 7) is 3.45. The van der Waals surface area contributed by atoms with Crippen molar-refractivity contribution in [3.05, 3.63) is 0 Å². The molecular formula is C7H15NO4S. The van der Waals surface area contributed by atoms with Gasteiger partial charge in [-0.2, -0.15) is 0 Å². The maximum atomic E-state index is 10.9. The number of carboxylic acid groups (broad SMARTS) is 1. The Kier molecular flexibility index (Phi) is 5.12. The highest BCUT2D eigenvalue weighted by atomic mass is 32.2. The van der Waals surface area contributed by atoms with Gasteiger partial charge in [-0.25, -0.2) is 4.21 Å². The predicted molar refractivity (Wildman–Crippen MR) is 49.7 cm³/mol. The number of hydrogen-bond acceptors (Lipinski definition) is 3. The third-order valence-corrected chi connectivity index (χ3v) is 2.54. The molecule has 3 N–H and O–H groups in total. The molecule has 0 aliphatic carbocycles. The van der Waals surface area contributed by atoms with Crippen LogP contribution in [0.5, 0.6) is 0 Å². The lowest BCUT2D eigenvalue weighted by molar-refractivity contribution is -0.145. The second-order valence-corrected chi connectivity index (χ2v) is 3.67. The van der Waals surface area contributed by atoms with Crippen LogP contribution >= 0.6 is 0 Å². The molecule has 78 valence electrons. The lowest BCUT2D eigenvalue weighted by Crippen LogP contribution is -2.52. The van der Waals surface area contributed by atoms with Crippen LogP contribution in [0.1, 0.15) is 26.7 Å². The van der Waals surface area contributed by atoms with E-state index in [0.29, 0.717) is 12.8 Å². The topological polar surface area (TPSA) is 86.6 Å². The first-order valence-electron chi connectivity index (χ1n) is 4.04. The summed E-state index contributed by atoms with van der Waals surface area (Å²) in [6.07, 6.45) is 0.770. The highest BCUT2D eigenvalue weighted by Gasteiger charge is 2.34. The van der Waals surface area contributed by atoms with E-state index in [1.165, 1.54) is 0 Å². The van der Waals surface area contributed by atoms with E-state index in [0.717, 1.165) is 0 Å². The third kappa shape index (κ3) is 3.41. The minimum absolute atomic E-state index is 0.214. The molecule has 0 spiro atoms. The molecule has 0 saturated carbocycles. The van der Waals surface area contributed by atoms with E-state index in [2.05, 4.69) is 5.32 Å². The fourth-order valence-electron chi connectivity index (χ4n) is 1.08. The Morgan fingerprint density at radius 2 is 1.92 bits per heavy atom. The van der Waals surface area contributed by atoms with Gasteiger partial charge in [0.2, 0.25) is 0 Å². The number of rotatable bonds is 6. The van der Waals surface area contributed by atoms with Gasteiger partial charge in [0, 0.05) is 0 Å². The van der Waals surface area contributed by atoms with Crippen LogP contribution in [0.25, 0.3) is 0 Å². The summed E-state index contributed by atoms with van der Waals surface area (Å²) in [4.78, 5) is 10.9. The van der Waals surface area contributed by atoms with E-state index in [9.17, 15) is 9.00 Å². The second-order valence-electron chi connectivity index (χ2n) is 2.74. The number of carbonyl (C=O) groups is 1. The molecule has 0 radical (unpaired) electrons. The Bertz CT molecular complexity index is 203. The molecule has 0 heterocycles. The standard InChI is InChI=1S/C7H15NO4S/c1-3-7(4-2,6(9)10)8-5-13(11)12/h8H,3-5H2,1-2H3,(H,9,10)(H,11,12).